The highest BCUT2D eigenvalue weighted by atomic mass is 16.2. The summed E-state index contributed by atoms with van der Waals surface area (Å²) in [7, 11) is 0. The molecule has 12 rings (SSSR count). The number of hydrogen-bond acceptors (Lipinski definition) is 12. The van der Waals surface area contributed by atoms with E-state index in [1.165, 1.54) is 17.3 Å². The molecule has 0 unspecified atom stereocenters. The standard InChI is InChI=1S/C33H32N6O2.C32H30N6O2/c1-24-29-16-17-30(40)39(28-14-12-27(13-15-28)32(41)34-22-25-8-4-2-5-9-25)31(29)36-33(35-24)38-20-18-37(19-21-38)23-26-10-6-3-7-11-26;1-23-28-16-17-29(39)38(27-14-12-25(13-15-27)31(40)33-22-24-8-4-2-5-9-24)30(28)35-32(34-23)37-20-18-36(19-21-37)26-10-6-3-7-11-26/h2-17H,18-23H2,1H3,(H,34,41);2-17H,18-22H2,1H3,(H,33,40). The average molecular weight is 1080 g/mol. The number of carbonyl (C=O) groups is 2. The molecule has 6 heterocycles. The fourth-order valence-electron chi connectivity index (χ4n) is 10.3. The second-order valence-electron chi connectivity index (χ2n) is 20.2. The highest BCUT2D eigenvalue weighted by Gasteiger charge is 2.24. The van der Waals surface area contributed by atoms with E-state index >= 15 is 0 Å². The van der Waals surface area contributed by atoms with Crippen LogP contribution in [0.4, 0.5) is 17.6 Å². The Balaban J connectivity index is 0.000000170. The van der Waals surface area contributed by atoms with Gasteiger partial charge < -0.3 is 25.3 Å². The van der Waals surface area contributed by atoms with Gasteiger partial charge in [-0.1, -0.05) is 109 Å². The summed E-state index contributed by atoms with van der Waals surface area (Å²) in [5.74, 6) is 0.910. The number of fused-ring (bicyclic) bond motifs is 2. The largest absolute Gasteiger partial charge is 0.368 e. The number of rotatable bonds is 13. The maximum absolute atomic E-state index is 13.1. The van der Waals surface area contributed by atoms with Gasteiger partial charge in [0.25, 0.3) is 22.9 Å². The van der Waals surface area contributed by atoms with Crippen molar-refractivity contribution in [2.24, 2.45) is 0 Å². The molecule has 16 nitrogen and oxygen atoms in total. The Hall–Kier alpha value is -9.80. The van der Waals surface area contributed by atoms with Gasteiger partial charge in [-0.25, -0.2) is 9.97 Å². The summed E-state index contributed by atoms with van der Waals surface area (Å²) in [5.41, 5.74) is 9.31. The van der Waals surface area contributed by atoms with E-state index in [1.807, 2.05) is 86.6 Å². The number of piperazine rings is 2. The molecule has 4 aromatic heterocycles. The predicted octanol–water partition coefficient (Wildman–Crippen LogP) is 8.69. The van der Waals surface area contributed by atoms with Crippen LogP contribution in [0.1, 0.15) is 48.8 Å². The molecule has 2 amide bonds. The van der Waals surface area contributed by atoms with Crippen LogP contribution in [0.5, 0.6) is 0 Å². The number of nitrogens with zero attached hydrogens (tertiary/aromatic N) is 10. The summed E-state index contributed by atoms with van der Waals surface area (Å²) < 4.78 is 3.20. The molecule has 10 aromatic rings. The van der Waals surface area contributed by atoms with Crippen LogP contribution in [0, 0.1) is 13.8 Å². The van der Waals surface area contributed by atoms with E-state index in [0.717, 1.165) is 92.2 Å². The molecule has 0 atom stereocenters. The number of nitrogens with one attached hydrogen (secondary N) is 2. The minimum absolute atomic E-state index is 0.169. The third-order valence-corrected chi connectivity index (χ3v) is 14.8. The fourth-order valence-corrected chi connectivity index (χ4v) is 10.3. The van der Waals surface area contributed by atoms with Gasteiger partial charge in [0, 0.05) is 112 Å². The minimum atomic E-state index is -0.188. The summed E-state index contributed by atoms with van der Waals surface area (Å²) in [4.78, 5) is 80.3. The third-order valence-electron chi connectivity index (χ3n) is 14.8. The molecule has 2 N–H and O–H groups in total. The van der Waals surface area contributed by atoms with Crippen LogP contribution in [0.25, 0.3) is 33.4 Å². The van der Waals surface area contributed by atoms with E-state index < -0.39 is 0 Å². The summed E-state index contributed by atoms with van der Waals surface area (Å²) in [6, 6.07) is 61.2. The molecular formula is C65H62N12O4. The van der Waals surface area contributed by atoms with Crippen molar-refractivity contribution >= 4 is 51.5 Å². The van der Waals surface area contributed by atoms with E-state index in [0.29, 0.717) is 58.8 Å². The van der Waals surface area contributed by atoms with Crippen LogP contribution >= 0.6 is 0 Å². The van der Waals surface area contributed by atoms with Gasteiger partial charge in [0.05, 0.1) is 22.8 Å². The molecule has 406 valence electrons. The molecule has 81 heavy (non-hydrogen) atoms. The molecule has 2 fully saturated rings. The maximum atomic E-state index is 13.1. The number of carbonyl (C=O) groups excluding carboxylic acids is 2. The molecule has 0 bridgehead atoms. The number of para-hydroxylation sites is 1. The Morgan fingerprint density at radius 1 is 0.395 bits per heavy atom. The van der Waals surface area contributed by atoms with Crippen molar-refractivity contribution in [3.05, 3.63) is 254 Å². The van der Waals surface area contributed by atoms with Crippen LogP contribution in [0.15, 0.2) is 204 Å². The molecule has 2 aliphatic heterocycles. The summed E-state index contributed by atoms with van der Waals surface area (Å²) in [6.45, 7) is 12.4. The quantitative estimate of drug-likeness (QED) is 0.113. The van der Waals surface area contributed by atoms with Crippen LogP contribution < -0.4 is 36.5 Å². The van der Waals surface area contributed by atoms with Gasteiger partial charge in [0.2, 0.25) is 11.9 Å². The zero-order valence-electron chi connectivity index (χ0n) is 45.4. The molecule has 0 radical (unpaired) electrons. The molecule has 16 heteroatoms. The lowest BCUT2D eigenvalue weighted by atomic mass is 10.1. The second kappa shape index (κ2) is 24.5. The monoisotopic (exact) mass is 1070 g/mol. The number of hydrogen-bond donors (Lipinski definition) is 2. The van der Waals surface area contributed by atoms with E-state index in [4.69, 9.17) is 19.9 Å². The van der Waals surface area contributed by atoms with Crippen LogP contribution in [0.3, 0.4) is 0 Å². The topological polar surface area (TPSA) is 167 Å². The van der Waals surface area contributed by atoms with Crippen LogP contribution in [-0.4, -0.2) is 98.1 Å². The van der Waals surface area contributed by atoms with Crippen molar-refractivity contribution in [2.45, 2.75) is 33.5 Å². The normalized spacial score (nSPS) is 13.6. The van der Waals surface area contributed by atoms with E-state index in [1.54, 1.807) is 75.9 Å². The smallest absolute Gasteiger partial charge is 0.256 e. The second-order valence-corrected chi connectivity index (χ2v) is 20.2. The van der Waals surface area contributed by atoms with Gasteiger partial charge in [0.15, 0.2) is 11.3 Å². The van der Waals surface area contributed by atoms with E-state index in [-0.39, 0.29) is 22.9 Å². The first-order valence-corrected chi connectivity index (χ1v) is 27.3. The fraction of sp³-hybridized carbons (Fsp3) is 0.200. The highest BCUT2D eigenvalue weighted by Crippen LogP contribution is 2.25. The van der Waals surface area contributed by atoms with E-state index in [9.17, 15) is 19.2 Å². The maximum Gasteiger partial charge on any atom is 0.256 e. The van der Waals surface area contributed by atoms with Crippen LogP contribution in [-0.2, 0) is 19.6 Å². The molecule has 6 aromatic carbocycles. The van der Waals surface area contributed by atoms with Gasteiger partial charge in [-0.15, -0.1) is 0 Å². The Morgan fingerprint density at radius 2 is 0.765 bits per heavy atom. The first-order chi connectivity index (χ1) is 39.6. The molecule has 2 saturated heterocycles. The Kier molecular flexibility index (Phi) is 16.1. The van der Waals surface area contributed by atoms with Crippen molar-refractivity contribution in [1.29, 1.82) is 0 Å². The first-order valence-electron chi connectivity index (χ1n) is 27.3. The molecule has 2 aliphatic rings. The number of aromatic nitrogens is 6. The van der Waals surface area contributed by atoms with Gasteiger partial charge >= 0.3 is 0 Å². The number of aryl methyl sites for hydroxylation is 2. The van der Waals surface area contributed by atoms with Gasteiger partial charge in [-0.2, -0.15) is 9.97 Å². The summed E-state index contributed by atoms with van der Waals surface area (Å²) in [5, 5.41) is 7.53. The van der Waals surface area contributed by atoms with Gasteiger partial charge in [-0.3, -0.25) is 33.2 Å². The predicted molar refractivity (Wildman–Crippen MR) is 320 cm³/mol. The number of pyridine rings is 2. The Bertz CT molecular complexity index is 3920. The minimum Gasteiger partial charge on any atom is -0.368 e. The molecule has 0 saturated carbocycles. The van der Waals surface area contributed by atoms with Gasteiger partial charge in [0.1, 0.15) is 0 Å². The first kappa shape index (κ1) is 53.2. The van der Waals surface area contributed by atoms with Crippen molar-refractivity contribution in [3.63, 3.8) is 0 Å². The molecule has 0 aliphatic carbocycles. The molecule has 0 spiro atoms. The Morgan fingerprint density at radius 3 is 1.19 bits per heavy atom. The lowest BCUT2D eigenvalue weighted by Crippen LogP contribution is -2.47. The van der Waals surface area contributed by atoms with Crippen molar-refractivity contribution in [2.75, 3.05) is 67.1 Å². The van der Waals surface area contributed by atoms with Gasteiger partial charge in [-0.05, 0) is 103 Å². The van der Waals surface area contributed by atoms with Crippen molar-refractivity contribution < 1.29 is 9.59 Å². The third kappa shape index (κ3) is 12.4. The molecular weight excluding hydrogens is 1010 g/mol. The number of amides is 2. The Labute approximate surface area is 469 Å². The van der Waals surface area contributed by atoms with Crippen LogP contribution in [0.2, 0.25) is 0 Å². The SMILES string of the molecule is Cc1nc(N2CCN(Cc3ccccc3)CC2)nc2c1ccc(=O)n2-c1ccc(C(=O)NCc2ccccc2)cc1.Cc1nc(N2CCN(c3ccccc3)CC2)nc2c1ccc(=O)n2-c1ccc(C(=O)NCc2ccccc2)cc1. The summed E-state index contributed by atoms with van der Waals surface area (Å²) >= 11 is 0. The number of anilines is 3. The van der Waals surface area contributed by atoms with Crippen molar-refractivity contribution in [3.8, 4) is 11.4 Å². The zero-order valence-corrected chi connectivity index (χ0v) is 45.4. The summed E-state index contributed by atoms with van der Waals surface area (Å²) in [6.07, 6.45) is 0. The lowest BCUT2D eigenvalue weighted by Gasteiger charge is -2.36. The average Bonchev–Trinajstić information content (AvgIpc) is 3.71. The van der Waals surface area contributed by atoms with E-state index in [2.05, 4.69) is 78.8 Å². The number of benzene rings is 6. The zero-order chi connectivity index (χ0) is 55.7. The van der Waals surface area contributed by atoms with Crippen molar-refractivity contribution in [1.82, 2.24) is 44.6 Å². The lowest BCUT2D eigenvalue weighted by molar-refractivity contribution is 0.0943. The highest BCUT2D eigenvalue weighted by molar-refractivity contribution is 5.95.